The van der Waals surface area contributed by atoms with E-state index in [2.05, 4.69) is 47.2 Å². The highest BCUT2D eigenvalue weighted by Crippen LogP contribution is 2.49. The van der Waals surface area contributed by atoms with E-state index in [0.29, 0.717) is 30.5 Å². The van der Waals surface area contributed by atoms with E-state index in [9.17, 15) is 14.0 Å². The molecule has 2 heterocycles. The SMILES string of the molecule is CCCCCC(CCCCC)Oc1cccc2c1N(CCNC=O)C1CCN(CCCC(=O)c3ccc(F)cc3)CC21. The van der Waals surface area contributed by atoms with Crippen LogP contribution in [0.25, 0.3) is 0 Å². The van der Waals surface area contributed by atoms with Crippen molar-refractivity contribution in [1.82, 2.24) is 10.2 Å². The van der Waals surface area contributed by atoms with Crippen LogP contribution in [-0.4, -0.2) is 62.0 Å². The van der Waals surface area contributed by atoms with Gasteiger partial charge in [0.1, 0.15) is 11.6 Å². The summed E-state index contributed by atoms with van der Waals surface area (Å²) in [6.45, 7) is 8.64. The van der Waals surface area contributed by atoms with E-state index in [1.54, 1.807) is 12.1 Å². The number of hydrogen-bond donors (Lipinski definition) is 1. The fourth-order valence-electron chi connectivity index (χ4n) is 6.75. The molecule has 42 heavy (non-hydrogen) atoms. The molecule has 2 aromatic carbocycles. The minimum Gasteiger partial charge on any atom is -0.488 e. The number of carbonyl (C=O) groups excluding carboxylic acids is 2. The fourth-order valence-corrected chi connectivity index (χ4v) is 6.75. The van der Waals surface area contributed by atoms with Gasteiger partial charge in [0, 0.05) is 50.1 Å². The summed E-state index contributed by atoms with van der Waals surface area (Å²) in [5, 5.41) is 2.87. The molecule has 230 valence electrons. The van der Waals surface area contributed by atoms with Crippen LogP contribution >= 0.6 is 0 Å². The number of piperidine rings is 1. The number of Topliss-reactive ketones (excluding diaryl/α,β-unsaturated/α-hetero) is 1. The summed E-state index contributed by atoms with van der Waals surface area (Å²) in [5.41, 5.74) is 3.13. The molecule has 1 N–H and O–H groups in total. The van der Waals surface area contributed by atoms with E-state index in [4.69, 9.17) is 4.74 Å². The number of para-hydroxylation sites is 1. The predicted octanol–water partition coefficient (Wildman–Crippen LogP) is 7.12. The number of halogens is 1. The second-order valence-corrected chi connectivity index (χ2v) is 12.0. The number of nitrogens with zero attached hydrogens (tertiary/aromatic N) is 2. The Balaban J connectivity index is 1.45. The van der Waals surface area contributed by atoms with E-state index in [0.717, 1.165) is 64.0 Å². The smallest absolute Gasteiger partial charge is 0.207 e. The Kier molecular flexibility index (Phi) is 12.7. The van der Waals surface area contributed by atoms with Crippen molar-refractivity contribution in [2.24, 2.45) is 0 Å². The predicted molar refractivity (Wildman–Crippen MR) is 168 cm³/mol. The quantitative estimate of drug-likeness (QED) is 0.109. The van der Waals surface area contributed by atoms with Crippen LogP contribution in [0.2, 0.25) is 0 Å². The van der Waals surface area contributed by atoms with E-state index < -0.39 is 0 Å². The lowest BCUT2D eigenvalue weighted by Gasteiger charge is -2.39. The molecule has 2 unspecified atom stereocenters. The number of anilines is 1. The average Bonchev–Trinajstić information content (AvgIpc) is 3.31. The van der Waals surface area contributed by atoms with Gasteiger partial charge >= 0.3 is 0 Å². The number of ketones is 1. The Morgan fingerprint density at radius 2 is 1.76 bits per heavy atom. The van der Waals surface area contributed by atoms with Crippen LogP contribution in [0.15, 0.2) is 42.5 Å². The number of ether oxygens (including phenoxy) is 1. The molecule has 0 radical (unpaired) electrons. The van der Waals surface area contributed by atoms with Crippen molar-refractivity contribution in [3.05, 3.63) is 59.4 Å². The van der Waals surface area contributed by atoms with Gasteiger partial charge in [-0.05, 0) is 81.0 Å². The van der Waals surface area contributed by atoms with E-state index >= 15 is 0 Å². The summed E-state index contributed by atoms with van der Waals surface area (Å²) in [6, 6.07) is 12.8. The van der Waals surface area contributed by atoms with Crippen molar-refractivity contribution in [3.8, 4) is 5.75 Å². The van der Waals surface area contributed by atoms with Gasteiger partial charge in [0.2, 0.25) is 6.41 Å². The zero-order valence-electron chi connectivity index (χ0n) is 25.7. The summed E-state index contributed by atoms with van der Waals surface area (Å²) in [6.07, 6.45) is 12.7. The first kappa shape index (κ1) is 32.0. The molecule has 1 saturated heterocycles. The Hall–Kier alpha value is -2.93. The molecule has 1 fully saturated rings. The molecule has 2 aromatic rings. The van der Waals surface area contributed by atoms with Crippen molar-refractivity contribution in [3.63, 3.8) is 0 Å². The molecule has 0 bridgehead atoms. The second kappa shape index (κ2) is 16.6. The topological polar surface area (TPSA) is 61.9 Å². The van der Waals surface area contributed by atoms with Crippen LogP contribution in [0.1, 0.15) is 106 Å². The van der Waals surface area contributed by atoms with Crippen molar-refractivity contribution in [1.29, 1.82) is 0 Å². The van der Waals surface area contributed by atoms with Crippen molar-refractivity contribution >= 4 is 17.9 Å². The minimum atomic E-state index is -0.320. The lowest BCUT2D eigenvalue weighted by Crippen LogP contribution is -2.47. The van der Waals surface area contributed by atoms with Crippen LogP contribution in [0.5, 0.6) is 5.75 Å². The Labute approximate surface area is 252 Å². The Bertz CT molecular complexity index is 1110. The molecular weight excluding hydrogens is 529 g/mol. The summed E-state index contributed by atoms with van der Waals surface area (Å²) < 4.78 is 20.1. The number of unbranched alkanes of at least 4 members (excludes halogenated alkanes) is 4. The zero-order valence-corrected chi connectivity index (χ0v) is 25.7. The van der Waals surface area contributed by atoms with Gasteiger partial charge in [0.25, 0.3) is 0 Å². The van der Waals surface area contributed by atoms with Crippen LogP contribution in [0.3, 0.4) is 0 Å². The normalized spacial score (nSPS) is 18.1. The molecule has 0 saturated carbocycles. The summed E-state index contributed by atoms with van der Waals surface area (Å²) in [4.78, 5) is 28.7. The molecule has 1 amide bonds. The number of nitrogens with one attached hydrogen (secondary N) is 1. The van der Waals surface area contributed by atoms with Crippen LogP contribution in [0.4, 0.5) is 10.1 Å². The molecule has 0 aromatic heterocycles. The number of likely N-dealkylation sites (tertiary alicyclic amines) is 1. The average molecular weight is 580 g/mol. The molecule has 4 rings (SSSR count). The third-order valence-corrected chi connectivity index (χ3v) is 8.96. The van der Waals surface area contributed by atoms with Gasteiger partial charge in [-0.15, -0.1) is 0 Å². The highest BCUT2D eigenvalue weighted by Gasteiger charge is 2.43. The second-order valence-electron chi connectivity index (χ2n) is 12.0. The summed E-state index contributed by atoms with van der Waals surface area (Å²) >= 11 is 0. The molecule has 2 atom stereocenters. The van der Waals surface area contributed by atoms with Crippen LogP contribution < -0.4 is 15.0 Å². The summed E-state index contributed by atoms with van der Waals surface area (Å²) in [7, 11) is 0. The number of benzene rings is 2. The first-order valence-electron chi connectivity index (χ1n) is 16.3. The molecule has 0 spiro atoms. The highest BCUT2D eigenvalue weighted by molar-refractivity contribution is 5.95. The van der Waals surface area contributed by atoms with Gasteiger partial charge in [-0.1, -0.05) is 51.7 Å². The zero-order chi connectivity index (χ0) is 29.7. The molecule has 6 nitrogen and oxygen atoms in total. The van der Waals surface area contributed by atoms with Gasteiger partial charge < -0.3 is 19.9 Å². The molecule has 0 aliphatic carbocycles. The molecule has 2 aliphatic rings. The third kappa shape index (κ3) is 8.56. The lowest BCUT2D eigenvalue weighted by atomic mass is 9.89. The van der Waals surface area contributed by atoms with Gasteiger partial charge in [-0.2, -0.15) is 0 Å². The summed E-state index contributed by atoms with van der Waals surface area (Å²) in [5.74, 6) is 1.10. The first-order chi connectivity index (χ1) is 20.5. The number of amides is 1. The largest absolute Gasteiger partial charge is 0.488 e. The van der Waals surface area contributed by atoms with Gasteiger partial charge in [-0.25, -0.2) is 4.39 Å². The standard InChI is InChI=1S/C35H50FN3O3/c1-3-5-7-11-29(12-8-6-4-2)42-34-15-9-13-30-31-25-38(22-10-14-33(41)27-16-18-28(36)19-17-27)23-20-32(31)39(35(30)34)24-21-37-26-40/h9,13,15-19,26,29,31-32H,3-8,10-12,14,20-25H2,1-2H3,(H,37,40). The minimum absolute atomic E-state index is 0.0687. The molecule has 7 heteroatoms. The maximum absolute atomic E-state index is 13.2. The number of fused-ring (bicyclic) bond motifs is 3. The maximum atomic E-state index is 13.2. The van der Waals surface area contributed by atoms with Gasteiger partial charge in [0.15, 0.2) is 5.78 Å². The van der Waals surface area contributed by atoms with E-state index in [1.807, 2.05) is 0 Å². The van der Waals surface area contributed by atoms with Crippen molar-refractivity contribution in [2.45, 2.75) is 103 Å². The first-order valence-corrected chi connectivity index (χ1v) is 16.3. The number of hydrogen-bond acceptors (Lipinski definition) is 5. The molecular formula is C35H50FN3O3. The third-order valence-electron chi connectivity index (χ3n) is 8.96. The number of carbonyl (C=O) groups is 2. The van der Waals surface area contributed by atoms with Crippen molar-refractivity contribution < 1.29 is 18.7 Å². The van der Waals surface area contributed by atoms with E-state index in [1.165, 1.54) is 61.9 Å². The Morgan fingerprint density at radius 1 is 1.02 bits per heavy atom. The van der Waals surface area contributed by atoms with E-state index in [-0.39, 0.29) is 17.7 Å². The molecule has 2 aliphatic heterocycles. The van der Waals surface area contributed by atoms with Gasteiger partial charge in [0.05, 0.1) is 11.8 Å². The highest BCUT2D eigenvalue weighted by atomic mass is 19.1. The number of rotatable bonds is 19. The van der Waals surface area contributed by atoms with Crippen molar-refractivity contribution in [2.75, 3.05) is 37.6 Å². The van der Waals surface area contributed by atoms with Crippen LogP contribution in [0, 0.1) is 5.82 Å². The monoisotopic (exact) mass is 579 g/mol. The lowest BCUT2D eigenvalue weighted by molar-refractivity contribution is -0.109. The Morgan fingerprint density at radius 3 is 2.45 bits per heavy atom. The fraction of sp³-hybridized carbons (Fsp3) is 0.600. The maximum Gasteiger partial charge on any atom is 0.207 e. The van der Waals surface area contributed by atoms with Crippen LogP contribution in [-0.2, 0) is 4.79 Å². The van der Waals surface area contributed by atoms with Gasteiger partial charge in [-0.3, -0.25) is 9.59 Å².